The van der Waals surface area contributed by atoms with Gasteiger partial charge in [0.05, 0.1) is 5.02 Å². The largest absolute Gasteiger partial charge is 0.486 e. The minimum atomic E-state index is -0.786. The van der Waals surface area contributed by atoms with E-state index >= 15 is 0 Å². The molecule has 1 heterocycles. The van der Waals surface area contributed by atoms with E-state index in [2.05, 4.69) is 5.32 Å². The summed E-state index contributed by atoms with van der Waals surface area (Å²) in [5.41, 5.74) is 6.13. The van der Waals surface area contributed by atoms with Gasteiger partial charge in [-0.05, 0) is 42.8 Å². The highest BCUT2D eigenvalue weighted by Crippen LogP contribution is 2.38. The SMILES string of the molecule is Cc1c(F)cc(C(N)=O)cc1NC(=O)/C=C/c1cc(Cl)c2c(c1)OCCO2. The number of nitrogens with one attached hydrogen (secondary N) is 1. The third kappa shape index (κ3) is 4.20. The van der Waals surface area contributed by atoms with Gasteiger partial charge in [0.25, 0.3) is 0 Å². The Morgan fingerprint density at radius 2 is 1.96 bits per heavy atom. The second-order valence-electron chi connectivity index (χ2n) is 5.84. The van der Waals surface area contributed by atoms with Crippen molar-refractivity contribution in [3.63, 3.8) is 0 Å². The molecule has 0 bridgehead atoms. The third-order valence-corrected chi connectivity index (χ3v) is 4.21. The zero-order valence-electron chi connectivity index (χ0n) is 14.3. The molecule has 140 valence electrons. The number of primary amides is 1. The molecule has 0 unspecified atom stereocenters. The fourth-order valence-corrected chi connectivity index (χ4v) is 2.80. The third-order valence-electron chi connectivity index (χ3n) is 3.93. The molecule has 1 aliphatic heterocycles. The summed E-state index contributed by atoms with van der Waals surface area (Å²) in [6.07, 6.45) is 2.79. The molecule has 27 heavy (non-hydrogen) atoms. The van der Waals surface area contributed by atoms with Gasteiger partial charge in [-0.15, -0.1) is 0 Å². The number of nitrogens with two attached hydrogens (primary N) is 1. The van der Waals surface area contributed by atoms with E-state index in [4.69, 9.17) is 26.8 Å². The second-order valence-corrected chi connectivity index (χ2v) is 6.25. The molecule has 0 saturated heterocycles. The molecule has 6 nitrogen and oxygen atoms in total. The molecule has 0 atom stereocenters. The highest BCUT2D eigenvalue weighted by Gasteiger charge is 2.16. The van der Waals surface area contributed by atoms with Crippen LogP contribution in [0.25, 0.3) is 6.08 Å². The second kappa shape index (κ2) is 7.67. The molecule has 0 saturated carbocycles. The number of ether oxygens (including phenoxy) is 2. The molecule has 2 aromatic carbocycles. The highest BCUT2D eigenvalue weighted by molar-refractivity contribution is 6.32. The first kappa shape index (κ1) is 18.7. The van der Waals surface area contributed by atoms with E-state index in [1.807, 2.05) is 0 Å². The van der Waals surface area contributed by atoms with Crippen molar-refractivity contribution in [2.75, 3.05) is 18.5 Å². The van der Waals surface area contributed by atoms with E-state index in [0.717, 1.165) is 6.07 Å². The Labute approximate surface area is 159 Å². The van der Waals surface area contributed by atoms with Crippen LogP contribution in [0.5, 0.6) is 11.5 Å². The number of amides is 2. The number of rotatable bonds is 4. The van der Waals surface area contributed by atoms with Crippen LogP contribution in [0.3, 0.4) is 0 Å². The van der Waals surface area contributed by atoms with Gasteiger partial charge < -0.3 is 20.5 Å². The Hall–Kier alpha value is -3.06. The number of halogens is 2. The average Bonchev–Trinajstić information content (AvgIpc) is 2.63. The smallest absolute Gasteiger partial charge is 0.248 e. The van der Waals surface area contributed by atoms with Crippen molar-refractivity contribution in [1.29, 1.82) is 0 Å². The van der Waals surface area contributed by atoms with Crippen LogP contribution in [0, 0.1) is 12.7 Å². The summed E-state index contributed by atoms with van der Waals surface area (Å²) in [4.78, 5) is 23.4. The van der Waals surface area contributed by atoms with Crippen LogP contribution in [0.2, 0.25) is 5.02 Å². The molecule has 0 radical (unpaired) electrons. The number of fused-ring (bicyclic) bond motifs is 1. The molecule has 0 aliphatic carbocycles. The van der Waals surface area contributed by atoms with Crippen LogP contribution >= 0.6 is 11.6 Å². The van der Waals surface area contributed by atoms with E-state index < -0.39 is 17.6 Å². The summed E-state index contributed by atoms with van der Waals surface area (Å²) in [5, 5.41) is 2.91. The number of hydrogen-bond acceptors (Lipinski definition) is 4. The summed E-state index contributed by atoms with van der Waals surface area (Å²) in [6, 6.07) is 5.69. The predicted octanol–water partition coefficient (Wildman–Crippen LogP) is 3.31. The quantitative estimate of drug-likeness (QED) is 0.783. The number of hydrogen-bond donors (Lipinski definition) is 2. The molecule has 0 fully saturated rings. The zero-order valence-corrected chi connectivity index (χ0v) is 15.1. The Morgan fingerprint density at radius 3 is 2.70 bits per heavy atom. The maximum Gasteiger partial charge on any atom is 0.248 e. The lowest BCUT2D eigenvalue weighted by Crippen LogP contribution is -2.15. The number of carbonyl (C=O) groups excluding carboxylic acids is 2. The number of benzene rings is 2. The molecular formula is C19H16ClFN2O4. The van der Waals surface area contributed by atoms with Crippen LogP contribution in [0.4, 0.5) is 10.1 Å². The van der Waals surface area contributed by atoms with Gasteiger partial charge in [-0.1, -0.05) is 11.6 Å². The maximum atomic E-state index is 13.9. The Bertz CT molecular complexity index is 959. The normalized spacial score (nSPS) is 12.9. The van der Waals surface area contributed by atoms with Crippen molar-refractivity contribution in [1.82, 2.24) is 0 Å². The summed E-state index contributed by atoms with van der Waals surface area (Å²) in [5.74, 6) is -0.958. The standard InChI is InChI=1S/C19H16ClFN2O4/c1-10-14(21)8-12(19(22)25)9-15(10)23-17(24)3-2-11-6-13(20)18-16(7-11)26-4-5-27-18/h2-3,6-9H,4-5H2,1H3,(H2,22,25)(H,23,24)/b3-2+. The van der Waals surface area contributed by atoms with Gasteiger partial charge in [0.15, 0.2) is 11.5 Å². The van der Waals surface area contributed by atoms with Crippen molar-refractivity contribution in [3.05, 3.63) is 57.9 Å². The van der Waals surface area contributed by atoms with Crippen molar-refractivity contribution in [2.45, 2.75) is 6.92 Å². The molecular weight excluding hydrogens is 375 g/mol. The minimum Gasteiger partial charge on any atom is -0.486 e. The van der Waals surface area contributed by atoms with Crippen molar-refractivity contribution < 1.29 is 23.5 Å². The van der Waals surface area contributed by atoms with Gasteiger partial charge in [-0.2, -0.15) is 0 Å². The van der Waals surface area contributed by atoms with Gasteiger partial charge >= 0.3 is 0 Å². The molecule has 1 aliphatic rings. The zero-order chi connectivity index (χ0) is 19.6. The predicted molar refractivity (Wildman–Crippen MR) is 99.8 cm³/mol. The summed E-state index contributed by atoms with van der Waals surface area (Å²) >= 11 is 6.15. The fourth-order valence-electron chi connectivity index (χ4n) is 2.52. The van der Waals surface area contributed by atoms with Crippen molar-refractivity contribution in [2.24, 2.45) is 5.73 Å². The monoisotopic (exact) mass is 390 g/mol. The molecule has 0 spiro atoms. The van der Waals surface area contributed by atoms with E-state index in [1.54, 1.807) is 12.1 Å². The fraction of sp³-hybridized carbons (Fsp3) is 0.158. The van der Waals surface area contributed by atoms with Gasteiger partial charge in [-0.25, -0.2) is 4.39 Å². The van der Waals surface area contributed by atoms with Gasteiger partial charge in [-0.3, -0.25) is 9.59 Å². The maximum absolute atomic E-state index is 13.9. The van der Waals surface area contributed by atoms with Gasteiger partial charge in [0.2, 0.25) is 11.8 Å². The molecule has 8 heteroatoms. The summed E-state index contributed by atoms with van der Waals surface area (Å²) in [7, 11) is 0. The lowest BCUT2D eigenvalue weighted by atomic mass is 10.1. The molecule has 0 aromatic heterocycles. The summed E-state index contributed by atoms with van der Waals surface area (Å²) < 4.78 is 24.8. The first-order chi connectivity index (χ1) is 12.8. The van der Waals surface area contributed by atoms with Crippen LogP contribution in [-0.2, 0) is 4.79 Å². The summed E-state index contributed by atoms with van der Waals surface area (Å²) in [6.45, 7) is 2.32. The van der Waals surface area contributed by atoms with E-state index in [0.29, 0.717) is 35.3 Å². The molecule has 2 amide bonds. The first-order valence-electron chi connectivity index (χ1n) is 8.03. The van der Waals surface area contributed by atoms with Crippen molar-refractivity contribution in [3.8, 4) is 11.5 Å². The van der Waals surface area contributed by atoms with E-state index in [-0.39, 0.29) is 16.8 Å². The van der Waals surface area contributed by atoms with Crippen LogP contribution in [0.1, 0.15) is 21.5 Å². The molecule has 3 rings (SSSR count). The minimum absolute atomic E-state index is 0.0315. The Kier molecular flexibility index (Phi) is 5.32. The van der Waals surface area contributed by atoms with Crippen LogP contribution in [0.15, 0.2) is 30.3 Å². The number of carbonyl (C=O) groups is 2. The topological polar surface area (TPSA) is 90.7 Å². The van der Waals surface area contributed by atoms with Gasteiger partial charge in [0.1, 0.15) is 19.0 Å². The molecule has 2 aromatic rings. The van der Waals surface area contributed by atoms with Gasteiger partial charge in [0, 0.05) is 22.9 Å². The first-order valence-corrected chi connectivity index (χ1v) is 8.41. The average molecular weight is 391 g/mol. The van der Waals surface area contributed by atoms with E-state index in [1.165, 1.54) is 25.1 Å². The number of anilines is 1. The Balaban J connectivity index is 1.78. The molecule has 3 N–H and O–H groups in total. The van der Waals surface area contributed by atoms with Crippen LogP contribution in [-0.4, -0.2) is 25.0 Å². The van der Waals surface area contributed by atoms with E-state index in [9.17, 15) is 14.0 Å². The highest BCUT2D eigenvalue weighted by atomic mass is 35.5. The van der Waals surface area contributed by atoms with Crippen molar-refractivity contribution >= 4 is 35.2 Å². The van der Waals surface area contributed by atoms with Crippen LogP contribution < -0.4 is 20.5 Å². The Morgan fingerprint density at radius 1 is 1.22 bits per heavy atom. The lowest BCUT2D eigenvalue weighted by Gasteiger charge is -2.19. The lowest BCUT2D eigenvalue weighted by molar-refractivity contribution is -0.111.